The number of fused-ring (bicyclic) bond motifs is 6. The highest BCUT2D eigenvalue weighted by Crippen LogP contribution is 2.68. The molecule has 1 aromatic rings. The molecule has 5 atom stereocenters. The lowest BCUT2D eigenvalue weighted by Crippen LogP contribution is -2.51. The summed E-state index contributed by atoms with van der Waals surface area (Å²) >= 11 is 0. The fourth-order valence-electron chi connectivity index (χ4n) is 7.59. The van der Waals surface area contributed by atoms with Crippen LogP contribution >= 0.6 is 0 Å². The average molecular weight is 444 g/mol. The van der Waals surface area contributed by atoms with E-state index in [4.69, 9.17) is 14.6 Å². The van der Waals surface area contributed by atoms with E-state index in [-0.39, 0.29) is 11.8 Å². The zero-order chi connectivity index (χ0) is 22.9. The second kappa shape index (κ2) is 9.22. The van der Waals surface area contributed by atoms with E-state index in [1.165, 1.54) is 11.1 Å². The summed E-state index contributed by atoms with van der Waals surface area (Å²) in [4.78, 5) is 22.1. The number of carboxylic acid groups (broad SMARTS) is 1. The molecule has 0 bridgehead atoms. The van der Waals surface area contributed by atoms with Crippen LogP contribution in [0.15, 0.2) is 23.4 Å². The number of ether oxygens (including phenoxy) is 2. The van der Waals surface area contributed by atoms with E-state index < -0.39 is 11.8 Å². The van der Waals surface area contributed by atoms with E-state index in [9.17, 15) is 9.70 Å². The predicted molar refractivity (Wildman–Crippen MR) is 123 cm³/mol. The Hall–Kier alpha value is -1.79. The molecule has 6 nitrogen and oxygen atoms in total. The molecule has 32 heavy (non-hydrogen) atoms. The number of carboxylic acids is 1. The number of aryl methyl sites for hydroxylation is 1. The van der Waals surface area contributed by atoms with Crippen LogP contribution in [0.2, 0.25) is 0 Å². The molecule has 3 fully saturated rings. The molecule has 2 saturated carbocycles. The third-order valence-corrected chi connectivity index (χ3v) is 8.70. The van der Waals surface area contributed by atoms with Crippen molar-refractivity contribution in [2.45, 2.75) is 83.8 Å². The van der Waals surface area contributed by atoms with Crippen molar-refractivity contribution in [3.63, 3.8) is 0 Å². The second-order valence-corrected chi connectivity index (χ2v) is 9.97. The molecular formula is C26H37NO5. The van der Waals surface area contributed by atoms with Crippen LogP contribution in [-0.4, -0.2) is 30.1 Å². The van der Waals surface area contributed by atoms with Crippen LogP contribution in [0.1, 0.15) is 82.8 Å². The minimum Gasteiger partial charge on any atom is -0.481 e. The van der Waals surface area contributed by atoms with Gasteiger partial charge in [-0.15, -0.1) is 4.91 Å². The third-order valence-electron chi connectivity index (χ3n) is 8.70. The summed E-state index contributed by atoms with van der Waals surface area (Å²) in [5.41, 5.74) is 3.16. The van der Waals surface area contributed by atoms with Crippen LogP contribution in [0.5, 0.6) is 0 Å². The van der Waals surface area contributed by atoms with E-state index in [1.54, 1.807) is 0 Å². The zero-order valence-electron chi connectivity index (χ0n) is 19.6. The van der Waals surface area contributed by atoms with Crippen molar-refractivity contribution < 1.29 is 19.4 Å². The third kappa shape index (κ3) is 3.69. The van der Waals surface area contributed by atoms with Gasteiger partial charge < -0.3 is 14.6 Å². The van der Waals surface area contributed by atoms with Gasteiger partial charge in [-0.3, -0.25) is 4.79 Å². The Morgan fingerprint density at radius 3 is 2.66 bits per heavy atom. The Bertz CT molecular complexity index is 849. The van der Waals surface area contributed by atoms with E-state index in [0.717, 1.165) is 38.5 Å². The van der Waals surface area contributed by atoms with Crippen molar-refractivity contribution in [2.24, 2.45) is 28.3 Å². The fraction of sp³-hybridized carbons (Fsp3) is 0.731. The molecule has 1 saturated heterocycles. The van der Waals surface area contributed by atoms with Gasteiger partial charge in [-0.25, -0.2) is 0 Å². The molecule has 0 radical (unpaired) electrons. The van der Waals surface area contributed by atoms with Crippen molar-refractivity contribution in [1.82, 2.24) is 0 Å². The van der Waals surface area contributed by atoms with Crippen molar-refractivity contribution >= 4 is 11.7 Å². The van der Waals surface area contributed by atoms with Gasteiger partial charge in [-0.1, -0.05) is 26.8 Å². The fourth-order valence-corrected chi connectivity index (χ4v) is 7.59. The van der Waals surface area contributed by atoms with Gasteiger partial charge >= 0.3 is 5.97 Å². The SMILES string of the molecule is CC.CC12CCC3c4ccc(N=O)cc4CCC3C1[C@@H](CCCC(=O)O)CC21OCCO1. The molecule has 1 N–H and O–H groups in total. The van der Waals surface area contributed by atoms with Gasteiger partial charge in [0.05, 0.1) is 13.2 Å². The first kappa shape index (κ1) is 23.4. The zero-order valence-corrected chi connectivity index (χ0v) is 19.6. The van der Waals surface area contributed by atoms with Crippen molar-refractivity contribution in [3.8, 4) is 0 Å². The van der Waals surface area contributed by atoms with Crippen molar-refractivity contribution in [1.29, 1.82) is 0 Å². The first-order chi connectivity index (χ1) is 15.5. The number of aliphatic carboxylic acids is 1. The lowest BCUT2D eigenvalue weighted by atomic mass is 9.53. The summed E-state index contributed by atoms with van der Waals surface area (Å²) in [6.45, 7) is 7.68. The van der Waals surface area contributed by atoms with Gasteiger partial charge in [0.1, 0.15) is 5.69 Å². The largest absolute Gasteiger partial charge is 0.481 e. The monoisotopic (exact) mass is 443 g/mol. The molecule has 1 aromatic carbocycles. The van der Waals surface area contributed by atoms with E-state index in [1.807, 2.05) is 26.0 Å². The molecular weight excluding hydrogens is 406 g/mol. The Balaban J connectivity index is 0.00000119. The number of hydrogen-bond donors (Lipinski definition) is 1. The Labute approximate surface area is 191 Å². The number of nitroso groups, excluding NO2 is 1. The van der Waals surface area contributed by atoms with Crippen LogP contribution in [0, 0.1) is 28.1 Å². The number of hydrogen-bond acceptors (Lipinski definition) is 5. The highest BCUT2D eigenvalue weighted by molar-refractivity contribution is 5.66. The molecule has 6 heteroatoms. The van der Waals surface area contributed by atoms with Crippen LogP contribution in [0.4, 0.5) is 5.69 Å². The second-order valence-electron chi connectivity index (χ2n) is 9.97. The minimum absolute atomic E-state index is 0.0274. The molecule has 1 heterocycles. The first-order valence-corrected chi connectivity index (χ1v) is 12.4. The maximum Gasteiger partial charge on any atom is 0.303 e. The standard InChI is InChI=1S/C24H31NO5.C2H6/c1-23-10-9-19-18-8-6-17(25-28)13-15(18)5-7-20(19)22(23)16(3-2-4-21(26)27)14-24(23)29-11-12-30-24;1-2/h6,8,13,16,19-20,22H,2-5,7,9-12,14H2,1H3,(H,26,27);1-2H3/t16-,19?,20?,22?,23?;/m0./s1. The van der Waals surface area contributed by atoms with Crippen LogP contribution in [0.25, 0.3) is 0 Å². The van der Waals surface area contributed by atoms with E-state index >= 15 is 0 Å². The summed E-state index contributed by atoms with van der Waals surface area (Å²) in [7, 11) is 0. The number of benzene rings is 1. The highest BCUT2D eigenvalue weighted by Gasteiger charge is 2.68. The highest BCUT2D eigenvalue weighted by atomic mass is 16.7. The molecule has 1 aliphatic heterocycles. The molecule has 0 amide bonds. The Kier molecular flexibility index (Phi) is 6.73. The number of carbonyl (C=O) groups is 1. The summed E-state index contributed by atoms with van der Waals surface area (Å²) in [5, 5.41) is 12.3. The van der Waals surface area contributed by atoms with Gasteiger partial charge in [-0.2, -0.15) is 0 Å². The molecule has 176 valence electrons. The van der Waals surface area contributed by atoms with Crippen molar-refractivity contribution in [3.05, 3.63) is 34.2 Å². The molecule has 4 aliphatic rings. The van der Waals surface area contributed by atoms with E-state index in [2.05, 4.69) is 18.2 Å². The van der Waals surface area contributed by atoms with E-state index in [0.29, 0.717) is 49.0 Å². The maximum atomic E-state index is 11.1. The maximum absolute atomic E-state index is 11.1. The minimum atomic E-state index is -0.716. The molecule has 1 spiro atoms. The summed E-state index contributed by atoms with van der Waals surface area (Å²) < 4.78 is 12.7. The average Bonchev–Trinajstić information content (AvgIpc) is 3.38. The quantitative estimate of drug-likeness (QED) is 0.548. The van der Waals surface area contributed by atoms with Crippen molar-refractivity contribution in [2.75, 3.05) is 13.2 Å². The van der Waals surface area contributed by atoms with Gasteiger partial charge in [0.15, 0.2) is 5.79 Å². The summed E-state index contributed by atoms with van der Waals surface area (Å²) in [6, 6.07) is 5.94. The van der Waals surface area contributed by atoms with Crippen LogP contribution in [-0.2, 0) is 20.7 Å². The Morgan fingerprint density at radius 1 is 1.22 bits per heavy atom. The van der Waals surface area contributed by atoms with Crippen LogP contribution < -0.4 is 0 Å². The number of rotatable bonds is 5. The predicted octanol–water partition coefficient (Wildman–Crippen LogP) is 6.19. The van der Waals surface area contributed by atoms with Crippen LogP contribution in [0.3, 0.4) is 0 Å². The van der Waals surface area contributed by atoms with Gasteiger partial charge in [0, 0.05) is 18.3 Å². The smallest absolute Gasteiger partial charge is 0.303 e. The van der Waals surface area contributed by atoms with Gasteiger partial charge in [0.2, 0.25) is 0 Å². The molecule has 3 aliphatic carbocycles. The van der Waals surface area contributed by atoms with Gasteiger partial charge in [0.25, 0.3) is 0 Å². The lowest BCUT2D eigenvalue weighted by molar-refractivity contribution is -0.237. The normalized spacial score (nSPS) is 34.1. The first-order valence-electron chi connectivity index (χ1n) is 12.4. The topological polar surface area (TPSA) is 85.2 Å². The molecule has 0 aromatic heterocycles. The summed E-state index contributed by atoms with van der Waals surface area (Å²) in [5.74, 6) is 0.728. The lowest BCUT2D eigenvalue weighted by Gasteiger charge is -2.53. The Morgan fingerprint density at radius 2 is 1.97 bits per heavy atom. The van der Waals surface area contributed by atoms with Gasteiger partial charge in [-0.05, 0) is 90.6 Å². The number of nitrogens with zero attached hydrogens (tertiary/aromatic N) is 1. The molecule has 4 unspecified atom stereocenters. The summed E-state index contributed by atoms with van der Waals surface area (Å²) in [6.07, 6.45) is 6.99. The molecule has 5 rings (SSSR count).